The van der Waals surface area contributed by atoms with Crippen LogP contribution in [-0.2, 0) is 16.2 Å². The predicted molar refractivity (Wildman–Crippen MR) is 103 cm³/mol. The second-order valence-electron chi connectivity index (χ2n) is 6.11. The van der Waals surface area contributed by atoms with Crippen molar-refractivity contribution in [2.75, 3.05) is 13.2 Å². The molecule has 0 saturated carbocycles. The van der Waals surface area contributed by atoms with Crippen LogP contribution in [0.5, 0.6) is 5.75 Å². The van der Waals surface area contributed by atoms with Crippen molar-refractivity contribution in [3.05, 3.63) is 70.1 Å². The third-order valence-electron chi connectivity index (χ3n) is 4.23. The summed E-state index contributed by atoms with van der Waals surface area (Å²) in [7, 11) is 0. The van der Waals surface area contributed by atoms with E-state index in [1.54, 1.807) is 36.4 Å². The van der Waals surface area contributed by atoms with Crippen LogP contribution in [0.1, 0.15) is 21.5 Å². The van der Waals surface area contributed by atoms with Crippen molar-refractivity contribution in [3.63, 3.8) is 0 Å². The fourth-order valence-electron chi connectivity index (χ4n) is 2.84. The Hall–Kier alpha value is -3.10. The van der Waals surface area contributed by atoms with Crippen LogP contribution in [0, 0.1) is 0 Å². The summed E-state index contributed by atoms with van der Waals surface area (Å²) in [6.45, 7) is 0.943. The number of amides is 3. The van der Waals surface area contributed by atoms with Crippen LogP contribution in [0.2, 0.25) is 0 Å². The maximum Gasteiger partial charge on any atom is 0.290 e. The molecule has 2 aromatic carbocycles. The minimum absolute atomic E-state index is 0.172. The first-order valence-electron chi connectivity index (χ1n) is 8.60. The summed E-state index contributed by atoms with van der Waals surface area (Å²) < 4.78 is 5.68. The van der Waals surface area contributed by atoms with E-state index in [1.165, 1.54) is 5.06 Å². The maximum atomic E-state index is 12.4. The molecule has 0 radical (unpaired) electrons. The molecule has 2 aliphatic heterocycles. The lowest BCUT2D eigenvalue weighted by atomic mass is 10.1. The van der Waals surface area contributed by atoms with Crippen LogP contribution in [0.25, 0.3) is 6.08 Å². The van der Waals surface area contributed by atoms with Gasteiger partial charge in [-0.2, -0.15) is 0 Å². The standard InChI is InChI=1S/C20H16N2O5S/c23-18-17(28-20(25)21-18)11-13-5-7-15(8-6-13)26-10-9-22-19(24)16-4-2-1-3-14(16)12-27-22/h1-8,11H,9-10,12H2,(H,21,23,25)/b17-11+. The van der Waals surface area contributed by atoms with E-state index in [9.17, 15) is 14.4 Å². The number of benzene rings is 2. The topological polar surface area (TPSA) is 84.9 Å². The van der Waals surface area contributed by atoms with E-state index in [0.717, 1.165) is 22.9 Å². The summed E-state index contributed by atoms with van der Waals surface area (Å²) in [5, 5.41) is 3.16. The van der Waals surface area contributed by atoms with Crippen LogP contribution in [-0.4, -0.2) is 35.3 Å². The van der Waals surface area contributed by atoms with Crippen LogP contribution in [0.15, 0.2) is 53.4 Å². The second kappa shape index (κ2) is 7.87. The third-order valence-corrected chi connectivity index (χ3v) is 5.04. The Kier molecular flexibility index (Phi) is 5.14. The van der Waals surface area contributed by atoms with Gasteiger partial charge < -0.3 is 4.74 Å². The van der Waals surface area contributed by atoms with Crippen molar-refractivity contribution in [1.82, 2.24) is 10.4 Å². The lowest BCUT2D eigenvalue weighted by Crippen LogP contribution is -2.38. The van der Waals surface area contributed by atoms with Gasteiger partial charge in [-0.05, 0) is 47.2 Å². The highest BCUT2D eigenvalue weighted by atomic mass is 32.2. The molecule has 2 heterocycles. The van der Waals surface area contributed by atoms with Gasteiger partial charge in [0.15, 0.2) is 0 Å². The maximum absolute atomic E-state index is 12.4. The quantitative estimate of drug-likeness (QED) is 0.782. The van der Waals surface area contributed by atoms with E-state index in [-0.39, 0.29) is 23.7 Å². The summed E-state index contributed by atoms with van der Waals surface area (Å²) in [5.41, 5.74) is 2.31. The molecule has 0 unspecified atom stereocenters. The van der Waals surface area contributed by atoms with E-state index in [4.69, 9.17) is 9.57 Å². The SMILES string of the molecule is O=C1NC(=O)/C(=C\c2ccc(OCCN3OCc4ccccc4C3=O)cc2)S1. The van der Waals surface area contributed by atoms with Gasteiger partial charge in [-0.1, -0.05) is 30.3 Å². The molecule has 7 nitrogen and oxygen atoms in total. The molecule has 1 saturated heterocycles. The molecule has 3 amide bonds. The Morgan fingerprint density at radius 1 is 1.11 bits per heavy atom. The number of carbonyl (C=O) groups excluding carboxylic acids is 3. The number of hydroxylamine groups is 2. The van der Waals surface area contributed by atoms with Gasteiger partial charge in [-0.25, -0.2) is 5.06 Å². The molecule has 1 fully saturated rings. The zero-order valence-electron chi connectivity index (χ0n) is 14.7. The Balaban J connectivity index is 1.31. The summed E-state index contributed by atoms with van der Waals surface area (Å²) in [5.74, 6) is 0.0732. The van der Waals surface area contributed by atoms with E-state index in [1.807, 2.05) is 18.2 Å². The average molecular weight is 396 g/mol. The minimum atomic E-state index is -0.386. The van der Waals surface area contributed by atoms with Crippen molar-refractivity contribution < 1.29 is 24.0 Å². The lowest BCUT2D eigenvalue weighted by molar-refractivity contribution is -0.143. The molecule has 2 aliphatic rings. The van der Waals surface area contributed by atoms with Gasteiger partial charge in [-0.3, -0.25) is 24.5 Å². The summed E-state index contributed by atoms with van der Waals surface area (Å²) in [4.78, 5) is 41.0. The number of hydrogen-bond acceptors (Lipinski definition) is 6. The van der Waals surface area contributed by atoms with Gasteiger partial charge in [0.2, 0.25) is 0 Å². The molecule has 1 N–H and O–H groups in total. The molecule has 0 spiro atoms. The highest BCUT2D eigenvalue weighted by Gasteiger charge is 2.25. The molecule has 8 heteroatoms. The normalized spacial score (nSPS) is 17.6. The number of fused-ring (bicyclic) bond motifs is 1. The Morgan fingerprint density at radius 2 is 1.89 bits per heavy atom. The number of nitrogens with zero attached hydrogens (tertiary/aromatic N) is 1. The number of ether oxygens (including phenoxy) is 1. The second-order valence-corrected chi connectivity index (χ2v) is 7.12. The molecule has 0 aliphatic carbocycles. The number of thioether (sulfide) groups is 1. The average Bonchev–Trinajstić information content (AvgIpc) is 3.02. The first kappa shape index (κ1) is 18.3. The number of hydrogen-bond donors (Lipinski definition) is 1. The van der Waals surface area contributed by atoms with E-state index in [2.05, 4.69) is 5.32 Å². The highest BCUT2D eigenvalue weighted by molar-refractivity contribution is 8.18. The predicted octanol–water partition coefficient (Wildman–Crippen LogP) is 2.98. The summed E-state index contributed by atoms with van der Waals surface area (Å²) in [6.07, 6.45) is 1.65. The largest absolute Gasteiger partial charge is 0.492 e. The van der Waals surface area contributed by atoms with Crippen molar-refractivity contribution in [1.29, 1.82) is 0 Å². The Morgan fingerprint density at radius 3 is 2.64 bits per heavy atom. The third kappa shape index (κ3) is 3.92. The smallest absolute Gasteiger partial charge is 0.290 e. The van der Waals surface area contributed by atoms with Gasteiger partial charge >= 0.3 is 0 Å². The van der Waals surface area contributed by atoms with E-state index in [0.29, 0.717) is 29.4 Å². The van der Waals surface area contributed by atoms with Gasteiger partial charge in [0.1, 0.15) is 19.0 Å². The van der Waals surface area contributed by atoms with Crippen LogP contribution in [0.4, 0.5) is 4.79 Å². The highest BCUT2D eigenvalue weighted by Crippen LogP contribution is 2.26. The van der Waals surface area contributed by atoms with Crippen molar-refractivity contribution >= 4 is 34.9 Å². The molecule has 2 aromatic rings. The molecule has 0 bridgehead atoms. The molecule has 142 valence electrons. The van der Waals surface area contributed by atoms with Crippen molar-refractivity contribution in [3.8, 4) is 5.75 Å². The van der Waals surface area contributed by atoms with Gasteiger partial charge in [-0.15, -0.1) is 0 Å². The molecule has 4 rings (SSSR count). The summed E-state index contributed by atoms with van der Waals surface area (Å²) in [6, 6.07) is 14.5. The first-order chi connectivity index (χ1) is 13.6. The zero-order chi connectivity index (χ0) is 19.5. The molecule has 28 heavy (non-hydrogen) atoms. The zero-order valence-corrected chi connectivity index (χ0v) is 15.5. The van der Waals surface area contributed by atoms with Gasteiger partial charge in [0.25, 0.3) is 17.1 Å². The Bertz CT molecular complexity index is 971. The molecule has 0 aromatic heterocycles. The van der Waals surface area contributed by atoms with E-state index >= 15 is 0 Å². The number of rotatable bonds is 5. The molecule has 0 atom stereocenters. The van der Waals surface area contributed by atoms with Gasteiger partial charge in [0, 0.05) is 5.56 Å². The lowest BCUT2D eigenvalue weighted by Gasteiger charge is -2.27. The summed E-state index contributed by atoms with van der Waals surface area (Å²) >= 11 is 0.877. The van der Waals surface area contributed by atoms with Crippen molar-refractivity contribution in [2.45, 2.75) is 6.61 Å². The number of nitrogens with one attached hydrogen (secondary N) is 1. The number of imide groups is 1. The van der Waals surface area contributed by atoms with Crippen LogP contribution < -0.4 is 10.1 Å². The monoisotopic (exact) mass is 396 g/mol. The first-order valence-corrected chi connectivity index (χ1v) is 9.42. The fraction of sp³-hybridized carbons (Fsp3) is 0.150. The molecular formula is C20H16N2O5S. The van der Waals surface area contributed by atoms with Crippen molar-refractivity contribution in [2.24, 2.45) is 0 Å². The number of carbonyl (C=O) groups is 3. The fourth-order valence-corrected chi connectivity index (χ4v) is 3.52. The Labute approximate surface area is 165 Å². The minimum Gasteiger partial charge on any atom is -0.492 e. The van der Waals surface area contributed by atoms with Gasteiger partial charge in [0.05, 0.1) is 11.4 Å². The van der Waals surface area contributed by atoms with E-state index < -0.39 is 0 Å². The van der Waals surface area contributed by atoms with Crippen LogP contribution >= 0.6 is 11.8 Å². The van der Waals surface area contributed by atoms with Crippen LogP contribution in [0.3, 0.4) is 0 Å². The molecular weight excluding hydrogens is 380 g/mol.